The van der Waals surface area contributed by atoms with E-state index in [0.29, 0.717) is 35.8 Å². The largest absolute Gasteiger partial charge is 0.487 e. The number of benzene rings is 4. The zero-order chi connectivity index (χ0) is 31.6. The average Bonchev–Trinajstić information content (AvgIpc) is 3.36. The molecule has 0 radical (unpaired) electrons. The van der Waals surface area contributed by atoms with Crippen LogP contribution in [0.1, 0.15) is 35.0 Å². The van der Waals surface area contributed by atoms with Gasteiger partial charge in [-0.05, 0) is 54.4 Å². The summed E-state index contributed by atoms with van der Waals surface area (Å²) in [6, 6.07) is 32.1. The van der Waals surface area contributed by atoms with Gasteiger partial charge < -0.3 is 18.8 Å². The second-order valence-electron chi connectivity index (χ2n) is 11.5. The van der Waals surface area contributed by atoms with Crippen molar-refractivity contribution in [3.05, 3.63) is 130 Å². The van der Waals surface area contributed by atoms with Crippen LogP contribution in [0.2, 0.25) is 5.02 Å². The Labute approximate surface area is 277 Å². The molecule has 0 saturated carbocycles. The van der Waals surface area contributed by atoms with E-state index in [1.54, 1.807) is 0 Å². The molecule has 0 fully saturated rings. The van der Waals surface area contributed by atoms with Gasteiger partial charge in [-0.25, -0.2) is 4.98 Å². The molecule has 1 atom stereocenters. The number of methoxy groups -OCH3 is 1. The van der Waals surface area contributed by atoms with Crippen LogP contribution in [-0.2, 0) is 42.1 Å². The van der Waals surface area contributed by atoms with E-state index < -0.39 is 0 Å². The quantitative estimate of drug-likeness (QED) is 0.138. The van der Waals surface area contributed by atoms with E-state index in [9.17, 15) is 4.79 Å². The van der Waals surface area contributed by atoms with Crippen LogP contribution in [-0.4, -0.2) is 27.9 Å². The standard InChI is InChI=1S/C38H33ClN2O4S/c1-24-19-30-35(44-22-29-16-13-26-7-3-5-9-31(26)40-29)18-17-32-37(30)38(46-24)33(41(32)21-25-11-14-28(39)15-12-25)23-45-34-10-6-4-8-27(34)20-36(42)43-2/h3-18,24H,19-23H2,1-2H3. The maximum absolute atomic E-state index is 12.1. The fourth-order valence-electron chi connectivity index (χ4n) is 6.10. The van der Waals surface area contributed by atoms with E-state index in [1.807, 2.05) is 72.4 Å². The van der Waals surface area contributed by atoms with Gasteiger partial charge in [0.25, 0.3) is 0 Å². The van der Waals surface area contributed by atoms with Crippen LogP contribution < -0.4 is 9.47 Å². The number of halogens is 1. The molecule has 1 aliphatic heterocycles. The van der Waals surface area contributed by atoms with Crippen LogP contribution in [0.3, 0.4) is 0 Å². The summed E-state index contributed by atoms with van der Waals surface area (Å²) >= 11 is 8.11. The number of hydrogen-bond donors (Lipinski definition) is 0. The second kappa shape index (κ2) is 13.1. The lowest BCUT2D eigenvalue weighted by Crippen LogP contribution is -2.11. The summed E-state index contributed by atoms with van der Waals surface area (Å²) in [5, 5.41) is 3.38. The number of carbonyl (C=O) groups excluding carboxylic acids is 1. The maximum atomic E-state index is 12.1. The first-order chi connectivity index (χ1) is 22.5. The number of thioether (sulfide) groups is 1. The highest BCUT2D eigenvalue weighted by atomic mass is 35.5. The summed E-state index contributed by atoms with van der Waals surface area (Å²) < 4.78 is 20.3. The van der Waals surface area contributed by atoms with Crippen molar-refractivity contribution in [2.24, 2.45) is 0 Å². The van der Waals surface area contributed by atoms with Crippen molar-refractivity contribution in [3.63, 3.8) is 0 Å². The van der Waals surface area contributed by atoms with Gasteiger partial charge in [0, 0.05) is 43.6 Å². The minimum atomic E-state index is -0.302. The SMILES string of the molecule is COC(=O)Cc1ccccc1OCc1c2c3c(c(OCc4ccc5ccccc5n4)ccc3n1Cc1ccc(Cl)cc1)CC(C)S2. The van der Waals surface area contributed by atoms with Crippen LogP contribution in [0.4, 0.5) is 0 Å². The molecule has 7 rings (SSSR count). The molecule has 3 heterocycles. The molecule has 4 aromatic carbocycles. The zero-order valence-corrected chi connectivity index (χ0v) is 27.2. The maximum Gasteiger partial charge on any atom is 0.310 e. The summed E-state index contributed by atoms with van der Waals surface area (Å²) in [6.07, 6.45) is 1.04. The number of aromatic nitrogens is 2. The first-order valence-corrected chi connectivity index (χ1v) is 16.6. The highest BCUT2D eigenvalue weighted by Crippen LogP contribution is 2.47. The summed E-state index contributed by atoms with van der Waals surface area (Å²) in [7, 11) is 1.40. The molecule has 0 N–H and O–H groups in total. The van der Waals surface area contributed by atoms with Gasteiger partial charge in [-0.1, -0.05) is 73.1 Å². The molecule has 0 aliphatic carbocycles. The number of ether oxygens (including phenoxy) is 3. The number of carbonyl (C=O) groups is 1. The molecule has 6 aromatic rings. The number of para-hydroxylation sites is 2. The Balaban J connectivity index is 1.27. The highest BCUT2D eigenvalue weighted by molar-refractivity contribution is 8.00. The van der Waals surface area contributed by atoms with Crippen LogP contribution >= 0.6 is 23.4 Å². The Morgan fingerprint density at radius 2 is 1.70 bits per heavy atom. The third-order valence-corrected chi connectivity index (χ3v) is 9.85. The third kappa shape index (κ3) is 6.17. The highest BCUT2D eigenvalue weighted by Gasteiger charge is 2.29. The van der Waals surface area contributed by atoms with Crippen molar-refractivity contribution < 1.29 is 19.0 Å². The Kier molecular flexibility index (Phi) is 8.61. The Hall–Kier alpha value is -4.46. The molecule has 0 bridgehead atoms. The Morgan fingerprint density at radius 3 is 2.54 bits per heavy atom. The molecule has 2 aromatic heterocycles. The predicted octanol–water partition coefficient (Wildman–Crippen LogP) is 8.80. The topological polar surface area (TPSA) is 62.6 Å². The summed E-state index contributed by atoms with van der Waals surface area (Å²) in [6.45, 7) is 3.64. The number of esters is 1. The van der Waals surface area contributed by atoms with Crippen molar-refractivity contribution in [1.82, 2.24) is 9.55 Å². The lowest BCUT2D eigenvalue weighted by Gasteiger charge is -2.22. The number of rotatable bonds is 10. The van der Waals surface area contributed by atoms with E-state index in [1.165, 1.54) is 23.0 Å². The van der Waals surface area contributed by atoms with Crippen molar-refractivity contribution in [1.29, 1.82) is 0 Å². The monoisotopic (exact) mass is 648 g/mol. The fraction of sp³-hybridized carbons (Fsp3) is 0.211. The lowest BCUT2D eigenvalue weighted by atomic mass is 10.0. The molecule has 0 spiro atoms. The van der Waals surface area contributed by atoms with E-state index in [4.69, 9.17) is 30.8 Å². The normalized spacial score (nSPS) is 14.0. The summed E-state index contributed by atoms with van der Waals surface area (Å²) in [4.78, 5) is 18.1. The van der Waals surface area contributed by atoms with Crippen molar-refractivity contribution in [3.8, 4) is 11.5 Å². The minimum Gasteiger partial charge on any atom is -0.487 e. The molecule has 232 valence electrons. The number of nitrogens with zero attached hydrogens (tertiary/aromatic N) is 2. The zero-order valence-electron chi connectivity index (χ0n) is 25.7. The summed E-state index contributed by atoms with van der Waals surface area (Å²) in [5.41, 5.74) is 7.22. The number of pyridine rings is 1. The second-order valence-corrected chi connectivity index (χ2v) is 13.4. The third-order valence-electron chi connectivity index (χ3n) is 8.35. The van der Waals surface area contributed by atoms with Gasteiger partial charge in [0.05, 0.1) is 36.0 Å². The van der Waals surface area contributed by atoms with Crippen LogP contribution in [0.25, 0.3) is 21.8 Å². The lowest BCUT2D eigenvalue weighted by molar-refractivity contribution is -0.139. The van der Waals surface area contributed by atoms with Gasteiger partial charge in [-0.15, -0.1) is 11.8 Å². The molecule has 46 heavy (non-hydrogen) atoms. The number of hydrogen-bond acceptors (Lipinski definition) is 6. The van der Waals surface area contributed by atoms with Crippen molar-refractivity contribution in [2.75, 3.05) is 7.11 Å². The average molecular weight is 649 g/mol. The van der Waals surface area contributed by atoms with Gasteiger partial charge >= 0.3 is 5.97 Å². The van der Waals surface area contributed by atoms with Gasteiger partial charge in [-0.3, -0.25) is 4.79 Å². The van der Waals surface area contributed by atoms with E-state index in [0.717, 1.165) is 51.1 Å². The molecule has 1 aliphatic rings. The van der Waals surface area contributed by atoms with Crippen molar-refractivity contribution >= 4 is 51.1 Å². The van der Waals surface area contributed by atoms with E-state index >= 15 is 0 Å². The van der Waals surface area contributed by atoms with Gasteiger partial charge in [0.1, 0.15) is 24.7 Å². The predicted molar refractivity (Wildman–Crippen MR) is 184 cm³/mol. The molecule has 1 unspecified atom stereocenters. The summed E-state index contributed by atoms with van der Waals surface area (Å²) in [5.74, 6) is 1.25. The van der Waals surface area contributed by atoms with Gasteiger partial charge in [0.2, 0.25) is 0 Å². The first kappa shape index (κ1) is 30.2. The Bertz CT molecular complexity index is 2060. The van der Waals surface area contributed by atoms with Crippen molar-refractivity contribution in [2.45, 2.75) is 49.7 Å². The van der Waals surface area contributed by atoms with Crippen LogP contribution in [0.5, 0.6) is 11.5 Å². The van der Waals surface area contributed by atoms with Gasteiger partial charge in [0.15, 0.2) is 0 Å². The molecule has 0 amide bonds. The Morgan fingerprint density at radius 1 is 0.913 bits per heavy atom. The molecular formula is C38H33ClN2O4S. The van der Waals surface area contributed by atoms with E-state index in [-0.39, 0.29) is 12.4 Å². The van der Waals surface area contributed by atoms with Crippen LogP contribution in [0.15, 0.2) is 102 Å². The molecular weight excluding hydrogens is 616 g/mol. The molecule has 0 saturated heterocycles. The molecule has 6 nitrogen and oxygen atoms in total. The van der Waals surface area contributed by atoms with E-state index in [2.05, 4.69) is 47.9 Å². The van der Waals surface area contributed by atoms with Gasteiger partial charge in [-0.2, -0.15) is 0 Å². The smallest absolute Gasteiger partial charge is 0.310 e. The van der Waals surface area contributed by atoms with Crippen LogP contribution in [0, 0.1) is 0 Å². The fourth-order valence-corrected chi connectivity index (χ4v) is 7.53. The number of fused-ring (bicyclic) bond motifs is 1. The molecule has 8 heteroatoms. The first-order valence-electron chi connectivity index (χ1n) is 15.3. The minimum absolute atomic E-state index is 0.149.